The molecule has 4 rings (SSSR count). The van der Waals surface area contributed by atoms with Crippen molar-refractivity contribution in [2.45, 2.75) is 44.5 Å². The molecule has 2 aromatic heterocycles. The molecule has 0 N–H and O–H groups in total. The van der Waals surface area contributed by atoms with Gasteiger partial charge in [0.25, 0.3) is 0 Å². The summed E-state index contributed by atoms with van der Waals surface area (Å²) in [5.74, 6) is 0. The van der Waals surface area contributed by atoms with Gasteiger partial charge in [-0.3, -0.25) is 4.98 Å². The van der Waals surface area contributed by atoms with Crippen molar-refractivity contribution in [2.75, 3.05) is 24.6 Å². The zero-order chi connectivity index (χ0) is 16.4. The third kappa shape index (κ3) is 3.43. The van der Waals surface area contributed by atoms with Crippen LogP contribution in [0.5, 0.6) is 0 Å². The number of ether oxygens (including phenoxy) is 2. The van der Waals surface area contributed by atoms with E-state index >= 15 is 0 Å². The Labute approximate surface area is 145 Å². The summed E-state index contributed by atoms with van der Waals surface area (Å²) >= 11 is 1.65. The molecule has 2 aromatic rings. The predicted molar refractivity (Wildman–Crippen MR) is 92.2 cm³/mol. The van der Waals surface area contributed by atoms with Gasteiger partial charge in [0.2, 0.25) is 5.13 Å². The van der Waals surface area contributed by atoms with Crippen LogP contribution in [0.2, 0.25) is 0 Å². The Hall–Kier alpha value is -1.57. The van der Waals surface area contributed by atoms with Crippen LogP contribution in [0, 0.1) is 6.92 Å². The van der Waals surface area contributed by atoms with E-state index in [4.69, 9.17) is 9.47 Å². The highest BCUT2D eigenvalue weighted by Gasteiger charge is 2.44. The summed E-state index contributed by atoms with van der Waals surface area (Å²) in [6.45, 7) is 5.17. The minimum Gasteiger partial charge on any atom is -0.371 e. The van der Waals surface area contributed by atoms with Crippen LogP contribution in [0.4, 0.5) is 5.13 Å². The van der Waals surface area contributed by atoms with Gasteiger partial charge in [0.05, 0.1) is 24.9 Å². The van der Waals surface area contributed by atoms with Gasteiger partial charge in [-0.15, -0.1) is 10.2 Å². The average Bonchev–Trinajstić information content (AvgIpc) is 3.21. The van der Waals surface area contributed by atoms with E-state index in [1.54, 1.807) is 17.5 Å². The lowest BCUT2D eigenvalue weighted by Gasteiger charge is -2.39. The fourth-order valence-electron chi connectivity index (χ4n) is 3.57. The zero-order valence-corrected chi connectivity index (χ0v) is 14.7. The molecule has 0 aliphatic carbocycles. The van der Waals surface area contributed by atoms with Gasteiger partial charge < -0.3 is 14.4 Å². The molecule has 7 heteroatoms. The minimum absolute atomic E-state index is 0.0998. The van der Waals surface area contributed by atoms with E-state index in [-0.39, 0.29) is 11.7 Å². The van der Waals surface area contributed by atoms with E-state index in [1.165, 1.54) is 0 Å². The maximum atomic E-state index is 6.22. The lowest BCUT2D eigenvalue weighted by atomic mass is 9.89. The summed E-state index contributed by atoms with van der Waals surface area (Å²) in [5.41, 5.74) is 1.00. The van der Waals surface area contributed by atoms with Crippen molar-refractivity contribution in [2.24, 2.45) is 0 Å². The monoisotopic (exact) mass is 346 g/mol. The lowest BCUT2D eigenvalue weighted by molar-refractivity contribution is -0.0136. The van der Waals surface area contributed by atoms with Gasteiger partial charge >= 0.3 is 0 Å². The first-order valence-electron chi connectivity index (χ1n) is 8.42. The van der Waals surface area contributed by atoms with Crippen LogP contribution in [0.15, 0.2) is 24.5 Å². The SMILES string of the molecule is Cc1nnc(N2CCC[C@]3(C[C@H](OCc4cccnc4)CO3)C2)s1. The molecule has 0 aromatic carbocycles. The molecule has 2 atom stereocenters. The van der Waals surface area contributed by atoms with Crippen LogP contribution >= 0.6 is 11.3 Å². The molecule has 6 nitrogen and oxygen atoms in total. The first-order valence-corrected chi connectivity index (χ1v) is 9.24. The number of aryl methyl sites for hydroxylation is 1. The van der Waals surface area contributed by atoms with Gasteiger partial charge in [0, 0.05) is 31.9 Å². The Morgan fingerprint density at radius 3 is 3.21 bits per heavy atom. The Kier molecular flexibility index (Phi) is 4.47. The maximum absolute atomic E-state index is 6.22. The van der Waals surface area contributed by atoms with E-state index in [0.717, 1.165) is 48.1 Å². The van der Waals surface area contributed by atoms with Crippen LogP contribution in [0.3, 0.4) is 0 Å². The van der Waals surface area contributed by atoms with Crippen LogP contribution in [0.25, 0.3) is 0 Å². The van der Waals surface area contributed by atoms with Crippen molar-refractivity contribution in [1.82, 2.24) is 15.2 Å². The summed E-state index contributed by atoms with van der Waals surface area (Å²) in [6, 6.07) is 3.98. The van der Waals surface area contributed by atoms with Crippen molar-refractivity contribution in [3.63, 3.8) is 0 Å². The topological polar surface area (TPSA) is 60.4 Å². The molecule has 0 bridgehead atoms. The highest BCUT2D eigenvalue weighted by atomic mass is 32.1. The molecule has 128 valence electrons. The van der Waals surface area contributed by atoms with Crippen molar-refractivity contribution in [3.8, 4) is 0 Å². The zero-order valence-electron chi connectivity index (χ0n) is 13.9. The summed E-state index contributed by atoms with van der Waals surface area (Å²) in [6.07, 6.45) is 6.94. The highest BCUT2D eigenvalue weighted by Crippen LogP contribution is 2.38. The number of hydrogen-bond donors (Lipinski definition) is 0. The molecular weight excluding hydrogens is 324 g/mol. The molecule has 2 aliphatic rings. The van der Waals surface area contributed by atoms with E-state index in [0.29, 0.717) is 13.2 Å². The number of piperidine rings is 1. The summed E-state index contributed by atoms with van der Waals surface area (Å²) < 4.78 is 12.3. The second kappa shape index (κ2) is 6.74. The number of nitrogens with zero attached hydrogens (tertiary/aromatic N) is 4. The first kappa shape index (κ1) is 15.9. The number of anilines is 1. The second-order valence-corrected chi connectivity index (χ2v) is 7.78. The number of pyridine rings is 1. The third-order valence-electron chi connectivity index (χ3n) is 4.71. The van der Waals surface area contributed by atoms with Gasteiger partial charge in [0.15, 0.2) is 0 Å². The minimum atomic E-state index is -0.0998. The fraction of sp³-hybridized carbons (Fsp3) is 0.588. The molecule has 1 spiro atoms. The second-order valence-electron chi connectivity index (χ2n) is 6.62. The van der Waals surface area contributed by atoms with E-state index in [1.807, 2.05) is 25.3 Å². The van der Waals surface area contributed by atoms with Gasteiger partial charge in [0.1, 0.15) is 5.01 Å². The Balaban J connectivity index is 1.36. The fourth-order valence-corrected chi connectivity index (χ4v) is 4.28. The molecule has 2 aliphatic heterocycles. The number of aromatic nitrogens is 3. The van der Waals surface area contributed by atoms with Gasteiger partial charge in [-0.1, -0.05) is 17.4 Å². The normalized spacial score (nSPS) is 27.0. The predicted octanol–water partition coefficient (Wildman–Crippen LogP) is 2.59. The van der Waals surface area contributed by atoms with Crippen molar-refractivity contribution >= 4 is 16.5 Å². The van der Waals surface area contributed by atoms with Crippen molar-refractivity contribution in [3.05, 3.63) is 35.1 Å². The molecule has 0 saturated carbocycles. The van der Waals surface area contributed by atoms with Crippen molar-refractivity contribution in [1.29, 1.82) is 0 Å². The van der Waals surface area contributed by atoms with Crippen molar-refractivity contribution < 1.29 is 9.47 Å². The van der Waals surface area contributed by atoms with Gasteiger partial charge in [-0.2, -0.15) is 0 Å². The standard InChI is InChI=1S/C17H22N4O2S/c1-13-19-20-16(24-13)21-7-3-5-17(12-21)8-15(11-23-17)22-10-14-4-2-6-18-9-14/h2,4,6,9,15H,3,5,7-8,10-12H2,1H3/t15-,17-/m0/s1. The molecule has 0 radical (unpaired) electrons. The Morgan fingerprint density at radius 1 is 1.46 bits per heavy atom. The van der Waals surface area contributed by atoms with Crippen LogP contribution in [0.1, 0.15) is 29.8 Å². The largest absolute Gasteiger partial charge is 0.371 e. The van der Waals surface area contributed by atoms with E-state index in [9.17, 15) is 0 Å². The quantitative estimate of drug-likeness (QED) is 0.848. The van der Waals surface area contributed by atoms with Gasteiger partial charge in [-0.25, -0.2) is 0 Å². The Morgan fingerprint density at radius 2 is 2.42 bits per heavy atom. The average molecular weight is 346 g/mol. The molecule has 0 unspecified atom stereocenters. The smallest absolute Gasteiger partial charge is 0.208 e. The first-order chi connectivity index (χ1) is 11.7. The molecule has 4 heterocycles. The summed E-state index contributed by atoms with van der Waals surface area (Å²) in [5, 5.41) is 10.4. The van der Waals surface area contributed by atoms with Gasteiger partial charge in [-0.05, 0) is 31.4 Å². The Bertz CT molecular complexity index is 680. The van der Waals surface area contributed by atoms with Crippen LogP contribution < -0.4 is 4.90 Å². The molecule has 2 saturated heterocycles. The third-order valence-corrected chi connectivity index (χ3v) is 5.61. The lowest BCUT2D eigenvalue weighted by Crippen LogP contribution is -2.48. The van der Waals surface area contributed by atoms with Crippen LogP contribution in [-0.4, -0.2) is 46.6 Å². The number of rotatable bonds is 4. The van der Waals surface area contributed by atoms with Crippen LogP contribution in [-0.2, 0) is 16.1 Å². The summed E-state index contributed by atoms with van der Waals surface area (Å²) in [4.78, 5) is 6.45. The molecule has 0 amide bonds. The maximum Gasteiger partial charge on any atom is 0.208 e. The molecule has 2 fully saturated rings. The van der Waals surface area contributed by atoms with E-state index < -0.39 is 0 Å². The molecule has 24 heavy (non-hydrogen) atoms. The van der Waals surface area contributed by atoms with E-state index in [2.05, 4.69) is 20.1 Å². The summed E-state index contributed by atoms with van der Waals surface area (Å²) in [7, 11) is 0. The molecular formula is C17H22N4O2S. The highest BCUT2D eigenvalue weighted by molar-refractivity contribution is 7.15. The number of hydrogen-bond acceptors (Lipinski definition) is 7.